The fourth-order valence-electron chi connectivity index (χ4n) is 2.16. The molecule has 1 atom stereocenters. The minimum atomic E-state index is 0.741. The molecule has 0 saturated carbocycles. The van der Waals surface area contributed by atoms with Crippen LogP contribution in [0.2, 0.25) is 0 Å². The summed E-state index contributed by atoms with van der Waals surface area (Å²) in [5, 5.41) is 2.54. The molecule has 1 aromatic rings. The molecule has 1 rings (SSSR count). The average Bonchev–Trinajstić information content (AvgIpc) is 2.34. The monoisotopic (exact) mass is 220 g/mol. The van der Waals surface area contributed by atoms with Crippen molar-refractivity contribution in [3.8, 4) is 0 Å². The van der Waals surface area contributed by atoms with Crippen LogP contribution in [0.3, 0.4) is 0 Å². The number of nitrogens with two attached hydrogens (primary N) is 1. The van der Waals surface area contributed by atoms with E-state index in [1.807, 2.05) is 0 Å². The second kappa shape index (κ2) is 7.45. The Bertz CT molecular complexity index is 264. The van der Waals surface area contributed by atoms with E-state index in [0.717, 1.165) is 12.1 Å². The molecule has 0 amide bonds. The first-order valence-corrected chi connectivity index (χ1v) is 6.65. The van der Waals surface area contributed by atoms with Crippen molar-refractivity contribution in [3.63, 3.8) is 0 Å². The highest BCUT2D eigenvalue weighted by atomic mass is 14.9. The molecule has 0 aliphatic carbocycles. The minimum absolute atomic E-state index is 0.741. The molecule has 0 bridgehead atoms. The smallest absolute Gasteiger partial charge is 0.0855 e. The van der Waals surface area contributed by atoms with Crippen LogP contribution in [0.15, 0.2) is 30.3 Å². The van der Waals surface area contributed by atoms with Gasteiger partial charge in [0.25, 0.3) is 0 Å². The van der Waals surface area contributed by atoms with E-state index in [0.29, 0.717) is 0 Å². The number of benzene rings is 1. The first-order chi connectivity index (χ1) is 7.76. The molecule has 2 N–H and O–H groups in total. The zero-order valence-electron chi connectivity index (χ0n) is 10.9. The number of rotatable bonds is 7. The van der Waals surface area contributed by atoms with Gasteiger partial charge in [0, 0.05) is 6.42 Å². The predicted molar refractivity (Wildman–Crippen MR) is 70.5 cm³/mol. The van der Waals surface area contributed by atoms with E-state index >= 15 is 0 Å². The largest absolute Gasteiger partial charge is 0.342 e. The fourth-order valence-corrected chi connectivity index (χ4v) is 2.16. The Morgan fingerprint density at radius 2 is 1.69 bits per heavy atom. The molecule has 0 aromatic heterocycles. The van der Waals surface area contributed by atoms with Gasteiger partial charge in [0.05, 0.1) is 12.1 Å². The molecule has 0 heterocycles. The van der Waals surface area contributed by atoms with Gasteiger partial charge in [-0.25, -0.2) is 0 Å². The zero-order valence-corrected chi connectivity index (χ0v) is 10.9. The van der Waals surface area contributed by atoms with Crippen molar-refractivity contribution in [3.05, 3.63) is 35.9 Å². The van der Waals surface area contributed by atoms with Crippen molar-refractivity contribution in [2.24, 2.45) is 0 Å². The Balaban J connectivity index is 2.27. The predicted octanol–water partition coefficient (Wildman–Crippen LogP) is 2.76. The van der Waals surface area contributed by atoms with E-state index in [-0.39, 0.29) is 0 Å². The summed E-state index contributed by atoms with van der Waals surface area (Å²) in [6.07, 6.45) is 5.05. The quantitative estimate of drug-likeness (QED) is 0.727. The average molecular weight is 220 g/mol. The third kappa shape index (κ3) is 4.80. The lowest BCUT2D eigenvalue weighted by Gasteiger charge is -2.17. The number of hydrogen-bond donors (Lipinski definition) is 1. The zero-order chi connectivity index (χ0) is 11.8. The van der Waals surface area contributed by atoms with Gasteiger partial charge in [0.15, 0.2) is 0 Å². The van der Waals surface area contributed by atoms with E-state index in [2.05, 4.69) is 56.4 Å². The van der Waals surface area contributed by atoms with Crippen LogP contribution in [-0.4, -0.2) is 12.1 Å². The van der Waals surface area contributed by atoms with Crippen LogP contribution >= 0.6 is 0 Å². The van der Waals surface area contributed by atoms with Crippen molar-refractivity contribution in [1.29, 1.82) is 0 Å². The van der Waals surface area contributed by atoms with Gasteiger partial charge in [0.2, 0.25) is 0 Å². The summed E-state index contributed by atoms with van der Waals surface area (Å²) >= 11 is 0. The summed E-state index contributed by atoms with van der Waals surface area (Å²) in [6.45, 7) is 6.92. The lowest BCUT2D eigenvalue weighted by atomic mass is 10.0. The highest BCUT2D eigenvalue weighted by Gasteiger charge is 2.11. The Morgan fingerprint density at radius 1 is 1.06 bits per heavy atom. The Labute approximate surface area is 100 Å². The topological polar surface area (TPSA) is 16.6 Å². The van der Waals surface area contributed by atoms with Crippen molar-refractivity contribution < 1.29 is 5.32 Å². The number of quaternary nitrogens is 1. The van der Waals surface area contributed by atoms with Gasteiger partial charge in [-0.05, 0) is 31.7 Å². The number of aryl methyl sites for hydroxylation is 1. The lowest BCUT2D eigenvalue weighted by Crippen LogP contribution is -2.94. The molecule has 1 nitrogen and oxygen atoms in total. The maximum atomic E-state index is 2.54. The molecule has 1 heteroatoms. The maximum absolute atomic E-state index is 2.54. The van der Waals surface area contributed by atoms with Crippen LogP contribution in [0.4, 0.5) is 0 Å². The molecule has 1 unspecified atom stereocenters. The first-order valence-electron chi connectivity index (χ1n) is 6.65. The summed E-state index contributed by atoms with van der Waals surface area (Å²) in [4.78, 5) is 0. The van der Waals surface area contributed by atoms with Crippen LogP contribution in [0.5, 0.6) is 0 Å². The van der Waals surface area contributed by atoms with Gasteiger partial charge in [0.1, 0.15) is 0 Å². The molecule has 0 saturated heterocycles. The SMILES string of the molecule is CCC(CC)[NH2+]C(C)CCc1ccccc1. The molecule has 0 aliphatic rings. The van der Waals surface area contributed by atoms with Gasteiger partial charge in [-0.3, -0.25) is 0 Å². The van der Waals surface area contributed by atoms with Gasteiger partial charge in [-0.15, -0.1) is 0 Å². The van der Waals surface area contributed by atoms with E-state index in [9.17, 15) is 0 Å². The molecule has 1 aromatic carbocycles. The van der Waals surface area contributed by atoms with Gasteiger partial charge >= 0.3 is 0 Å². The molecule has 0 fully saturated rings. The standard InChI is InChI=1S/C15H25N/c1-4-15(5-2)16-13(3)11-12-14-9-7-6-8-10-14/h6-10,13,15-16H,4-5,11-12H2,1-3H3/p+1. The van der Waals surface area contributed by atoms with Crippen LogP contribution in [0, 0.1) is 0 Å². The lowest BCUT2D eigenvalue weighted by molar-refractivity contribution is -0.719. The third-order valence-corrected chi connectivity index (χ3v) is 3.38. The minimum Gasteiger partial charge on any atom is -0.342 e. The summed E-state index contributed by atoms with van der Waals surface area (Å²) in [6, 6.07) is 12.3. The second-order valence-corrected chi connectivity index (χ2v) is 4.77. The molecule has 0 aliphatic heterocycles. The van der Waals surface area contributed by atoms with Gasteiger partial charge in [-0.1, -0.05) is 44.2 Å². The molecule has 90 valence electrons. The van der Waals surface area contributed by atoms with E-state index in [4.69, 9.17) is 0 Å². The normalized spacial score (nSPS) is 13.0. The summed E-state index contributed by atoms with van der Waals surface area (Å²) in [5.41, 5.74) is 1.47. The van der Waals surface area contributed by atoms with E-state index in [1.165, 1.54) is 31.2 Å². The van der Waals surface area contributed by atoms with Crippen molar-refractivity contribution in [2.45, 2.75) is 58.5 Å². The van der Waals surface area contributed by atoms with Crippen molar-refractivity contribution in [2.75, 3.05) is 0 Å². The van der Waals surface area contributed by atoms with Crippen LogP contribution in [0.1, 0.15) is 45.6 Å². The summed E-state index contributed by atoms with van der Waals surface area (Å²) in [5.74, 6) is 0. The second-order valence-electron chi connectivity index (χ2n) is 4.77. The molecule has 0 spiro atoms. The molecular weight excluding hydrogens is 194 g/mol. The molecular formula is C15H26N+. The van der Waals surface area contributed by atoms with Crippen LogP contribution in [-0.2, 0) is 6.42 Å². The number of hydrogen-bond acceptors (Lipinski definition) is 0. The van der Waals surface area contributed by atoms with Crippen LogP contribution in [0.25, 0.3) is 0 Å². The maximum Gasteiger partial charge on any atom is 0.0855 e. The highest BCUT2D eigenvalue weighted by molar-refractivity contribution is 5.14. The van der Waals surface area contributed by atoms with Gasteiger partial charge < -0.3 is 5.32 Å². The third-order valence-electron chi connectivity index (χ3n) is 3.38. The summed E-state index contributed by atoms with van der Waals surface area (Å²) < 4.78 is 0. The van der Waals surface area contributed by atoms with Crippen molar-refractivity contribution >= 4 is 0 Å². The highest BCUT2D eigenvalue weighted by Crippen LogP contribution is 2.03. The van der Waals surface area contributed by atoms with Crippen molar-refractivity contribution in [1.82, 2.24) is 0 Å². The fraction of sp³-hybridized carbons (Fsp3) is 0.600. The van der Waals surface area contributed by atoms with Gasteiger partial charge in [-0.2, -0.15) is 0 Å². The Hall–Kier alpha value is -0.820. The molecule has 0 radical (unpaired) electrons. The summed E-state index contributed by atoms with van der Waals surface area (Å²) in [7, 11) is 0. The Morgan fingerprint density at radius 3 is 2.25 bits per heavy atom. The first kappa shape index (κ1) is 13.2. The molecule has 16 heavy (non-hydrogen) atoms. The van der Waals surface area contributed by atoms with E-state index < -0.39 is 0 Å². The Kier molecular flexibility index (Phi) is 6.17. The van der Waals surface area contributed by atoms with E-state index in [1.54, 1.807) is 0 Å². The van der Waals surface area contributed by atoms with Crippen LogP contribution < -0.4 is 5.32 Å².